The van der Waals surface area contributed by atoms with Gasteiger partial charge in [-0.15, -0.1) is 0 Å². The van der Waals surface area contributed by atoms with Crippen molar-refractivity contribution in [3.8, 4) is 44.5 Å². The van der Waals surface area contributed by atoms with Crippen LogP contribution in [0.3, 0.4) is 0 Å². The summed E-state index contributed by atoms with van der Waals surface area (Å²) in [7, 11) is 0. The summed E-state index contributed by atoms with van der Waals surface area (Å²) in [4.78, 5) is 4.68. The Morgan fingerprint density at radius 2 is 0.486 bits per heavy atom. The van der Waals surface area contributed by atoms with E-state index in [9.17, 15) is 0 Å². The number of hydrogen-bond donors (Lipinski definition) is 0. The molecule has 0 heterocycles. The van der Waals surface area contributed by atoms with Crippen LogP contribution in [-0.2, 0) is 0 Å². The van der Waals surface area contributed by atoms with E-state index in [-0.39, 0.29) is 0 Å². The summed E-state index contributed by atoms with van der Waals surface area (Å²) in [6, 6.07) is 85.3. The summed E-state index contributed by atoms with van der Waals surface area (Å²) in [5.74, 6) is 0. The minimum Gasteiger partial charge on any atom is -0.311 e. The number of hydrogen-bond acceptors (Lipinski definition) is 2. The molecule has 11 aromatic carbocycles. The SMILES string of the molecule is Cc1ccc(N(c2ccc(C)cc2)c2ccc(-c3ccc4c(-c5ccccc5C)c5cc(-c6ccc(N(c7ccc(C)cc7)c7ccc(C)cc7)cc6)ccc5c(-c5ccccc5C)c4c3)cc2)cc1. The number of rotatable bonds is 10. The summed E-state index contributed by atoms with van der Waals surface area (Å²) in [5, 5.41) is 4.97. The zero-order chi connectivity index (χ0) is 47.9. The molecule has 0 radical (unpaired) electrons. The van der Waals surface area contributed by atoms with Crippen LogP contribution in [0.4, 0.5) is 34.1 Å². The molecule has 0 atom stereocenters. The molecule has 0 N–H and O–H groups in total. The molecular formula is C68H56N2. The molecule has 11 rings (SSSR count). The highest BCUT2D eigenvalue weighted by molar-refractivity contribution is 6.23. The Morgan fingerprint density at radius 3 is 0.771 bits per heavy atom. The molecule has 0 amide bonds. The van der Waals surface area contributed by atoms with Crippen LogP contribution in [0.5, 0.6) is 0 Å². The van der Waals surface area contributed by atoms with Gasteiger partial charge in [0.05, 0.1) is 0 Å². The van der Waals surface area contributed by atoms with Crippen molar-refractivity contribution in [1.82, 2.24) is 0 Å². The van der Waals surface area contributed by atoms with Gasteiger partial charge in [-0.1, -0.05) is 168 Å². The summed E-state index contributed by atoms with van der Waals surface area (Å²) < 4.78 is 0. The maximum absolute atomic E-state index is 2.44. The van der Waals surface area contributed by atoms with Crippen LogP contribution in [0.1, 0.15) is 33.4 Å². The van der Waals surface area contributed by atoms with E-state index in [1.165, 1.54) is 99.4 Å². The third-order valence-corrected chi connectivity index (χ3v) is 14.0. The topological polar surface area (TPSA) is 6.48 Å². The molecule has 0 aliphatic carbocycles. The average Bonchev–Trinajstić information content (AvgIpc) is 3.39. The van der Waals surface area contributed by atoms with Gasteiger partial charge in [0.25, 0.3) is 0 Å². The quantitative estimate of drug-likeness (QED) is 0.126. The Labute approximate surface area is 413 Å². The van der Waals surface area contributed by atoms with E-state index in [2.05, 4.69) is 282 Å². The third kappa shape index (κ3) is 8.43. The molecule has 0 bridgehead atoms. The molecule has 0 saturated heterocycles. The monoisotopic (exact) mass is 900 g/mol. The van der Waals surface area contributed by atoms with Gasteiger partial charge in [0.15, 0.2) is 0 Å². The molecule has 0 spiro atoms. The van der Waals surface area contributed by atoms with Gasteiger partial charge < -0.3 is 9.80 Å². The smallest absolute Gasteiger partial charge is 0.0462 e. The summed E-state index contributed by atoms with van der Waals surface area (Å²) in [5.41, 5.74) is 24.0. The van der Waals surface area contributed by atoms with Crippen LogP contribution < -0.4 is 9.80 Å². The number of anilines is 6. The van der Waals surface area contributed by atoms with Crippen LogP contribution >= 0.6 is 0 Å². The zero-order valence-electron chi connectivity index (χ0n) is 40.8. The highest BCUT2D eigenvalue weighted by atomic mass is 15.1. The Morgan fingerprint density at radius 1 is 0.229 bits per heavy atom. The maximum atomic E-state index is 2.44. The molecule has 338 valence electrons. The van der Waals surface area contributed by atoms with Gasteiger partial charge in [0, 0.05) is 34.1 Å². The van der Waals surface area contributed by atoms with Gasteiger partial charge in [0.1, 0.15) is 0 Å². The highest BCUT2D eigenvalue weighted by Crippen LogP contribution is 2.48. The number of nitrogens with zero attached hydrogens (tertiary/aromatic N) is 2. The minimum absolute atomic E-state index is 1.12. The normalized spacial score (nSPS) is 11.3. The van der Waals surface area contributed by atoms with Crippen LogP contribution in [0.2, 0.25) is 0 Å². The van der Waals surface area contributed by atoms with E-state index in [0.29, 0.717) is 0 Å². The molecule has 0 fully saturated rings. The van der Waals surface area contributed by atoms with Gasteiger partial charge in [-0.25, -0.2) is 0 Å². The first-order valence-electron chi connectivity index (χ1n) is 24.4. The number of aryl methyl sites for hydroxylation is 6. The van der Waals surface area contributed by atoms with Crippen molar-refractivity contribution < 1.29 is 0 Å². The molecule has 0 aliphatic rings. The molecule has 0 unspecified atom stereocenters. The second-order valence-electron chi connectivity index (χ2n) is 19.0. The van der Waals surface area contributed by atoms with Crippen molar-refractivity contribution in [2.45, 2.75) is 41.5 Å². The molecule has 0 aromatic heterocycles. The van der Waals surface area contributed by atoms with E-state index in [1.54, 1.807) is 0 Å². The Balaban J connectivity index is 1.06. The van der Waals surface area contributed by atoms with E-state index in [0.717, 1.165) is 34.1 Å². The second kappa shape index (κ2) is 18.6. The zero-order valence-corrected chi connectivity index (χ0v) is 40.8. The summed E-state index contributed by atoms with van der Waals surface area (Å²) in [6.07, 6.45) is 0. The first-order chi connectivity index (χ1) is 34.2. The Kier molecular flexibility index (Phi) is 11.7. The van der Waals surface area contributed by atoms with Crippen molar-refractivity contribution in [2.75, 3.05) is 9.80 Å². The molecule has 70 heavy (non-hydrogen) atoms. The highest BCUT2D eigenvalue weighted by Gasteiger charge is 2.21. The Hall–Kier alpha value is -8.46. The molecule has 11 aromatic rings. The maximum Gasteiger partial charge on any atom is 0.0462 e. The van der Waals surface area contributed by atoms with Gasteiger partial charge in [0.2, 0.25) is 0 Å². The van der Waals surface area contributed by atoms with Crippen molar-refractivity contribution in [2.24, 2.45) is 0 Å². The van der Waals surface area contributed by atoms with Gasteiger partial charge in [-0.2, -0.15) is 0 Å². The molecule has 0 aliphatic heterocycles. The molecule has 0 saturated carbocycles. The first-order valence-corrected chi connectivity index (χ1v) is 24.4. The van der Waals surface area contributed by atoms with Gasteiger partial charge in [-0.3, -0.25) is 0 Å². The van der Waals surface area contributed by atoms with Crippen LogP contribution in [0, 0.1) is 41.5 Å². The first kappa shape index (κ1) is 44.1. The van der Waals surface area contributed by atoms with Gasteiger partial charge in [-0.05, 0) is 204 Å². The molecular weight excluding hydrogens is 845 g/mol. The standard InChI is InChI=1S/C68H56N2/c1-45-15-29-55(30-16-45)69(56-31-17-46(2)18-32-56)59-37-23-51(24-38-59)53-27-41-63-65(43-53)67(61-13-9-7-11-49(61)5)64-42-28-54(44-66(64)68(63)62-14-10-8-12-50(62)6)52-25-39-60(40-26-52)70(57-33-19-47(3)20-34-57)58-35-21-48(4)22-36-58/h7-44H,1-6H3. The van der Waals surface area contributed by atoms with Crippen LogP contribution in [-0.4, -0.2) is 0 Å². The second-order valence-corrected chi connectivity index (χ2v) is 19.0. The fraction of sp³-hybridized carbons (Fsp3) is 0.0882. The largest absolute Gasteiger partial charge is 0.311 e. The average molecular weight is 901 g/mol. The van der Waals surface area contributed by atoms with E-state index in [4.69, 9.17) is 0 Å². The van der Waals surface area contributed by atoms with Crippen molar-refractivity contribution in [3.63, 3.8) is 0 Å². The number of fused-ring (bicyclic) bond motifs is 2. The lowest BCUT2D eigenvalue weighted by Crippen LogP contribution is -2.09. The predicted octanol–water partition coefficient (Wildman–Crippen LogP) is 19.5. The lowest BCUT2D eigenvalue weighted by atomic mass is 9.82. The summed E-state index contributed by atoms with van der Waals surface area (Å²) >= 11 is 0. The van der Waals surface area contributed by atoms with Crippen molar-refractivity contribution >= 4 is 55.7 Å². The van der Waals surface area contributed by atoms with E-state index >= 15 is 0 Å². The molecule has 2 nitrogen and oxygen atoms in total. The fourth-order valence-electron chi connectivity index (χ4n) is 10.2. The minimum atomic E-state index is 1.12. The van der Waals surface area contributed by atoms with E-state index in [1.807, 2.05) is 0 Å². The number of benzene rings is 11. The third-order valence-electron chi connectivity index (χ3n) is 14.0. The predicted molar refractivity (Wildman–Crippen MR) is 301 cm³/mol. The fourth-order valence-corrected chi connectivity index (χ4v) is 10.2. The van der Waals surface area contributed by atoms with E-state index < -0.39 is 0 Å². The summed E-state index contributed by atoms with van der Waals surface area (Å²) in [6.45, 7) is 13.0. The van der Waals surface area contributed by atoms with Crippen LogP contribution in [0.25, 0.3) is 66.1 Å². The van der Waals surface area contributed by atoms with Crippen molar-refractivity contribution in [3.05, 3.63) is 264 Å². The Bertz CT molecular complexity index is 3320. The van der Waals surface area contributed by atoms with Crippen LogP contribution in [0.15, 0.2) is 231 Å². The van der Waals surface area contributed by atoms with Crippen molar-refractivity contribution in [1.29, 1.82) is 0 Å². The lowest BCUT2D eigenvalue weighted by molar-refractivity contribution is 1.27. The van der Waals surface area contributed by atoms with Gasteiger partial charge >= 0.3 is 0 Å². The molecule has 2 heteroatoms. The lowest BCUT2D eigenvalue weighted by Gasteiger charge is -2.26.